The van der Waals surface area contributed by atoms with E-state index in [2.05, 4.69) is 71.0 Å². The lowest BCUT2D eigenvalue weighted by molar-refractivity contribution is 0.646. The van der Waals surface area contributed by atoms with Crippen molar-refractivity contribution in [2.45, 2.75) is 53.4 Å². The SMILES string of the molecule is CC(C)Cc1cc(C(C)c2ccc(N)c(CC(C)C)c2)ccc1N. The molecule has 0 saturated heterocycles. The highest BCUT2D eigenvalue weighted by Gasteiger charge is 2.13. The molecule has 0 aromatic heterocycles. The third kappa shape index (κ3) is 4.53. The van der Waals surface area contributed by atoms with E-state index in [-0.39, 0.29) is 0 Å². The van der Waals surface area contributed by atoms with Gasteiger partial charge in [0.05, 0.1) is 0 Å². The van der Waals surface area contributed by atoms with Gasteiger partial charge in [-0.3, -0.25) is 0 Å². The Hall–Kier alpha value is -1.96. The van der Waals surface area contributed by atoms with Crippen molar-refractivity contribution < 1.29 is 0 Å². The van der Waals surface area contributed by atoms with Crippen molar-refractivity contribution in [3.05, 3.63) is 58.7 Å². The topological polar surface area (TPSA) is 52.0 Å². The number of anilines is 2. The van der Waals surface area contributed by atoms with Crippen LogP contribution in [0.4, 0.5) is 11.4 Å². The highest BCUT2D eigenvalue weighted by molar-refractivity contribution is 5.53. The highest BCUT2D eigenvalue weighted by atomic mass is 14.6. The Morgan fingerprint density at radius 1 is 0.667 bits per heavy atom. The van der Waals surface area contributed by atoms with E-state index in [1.54, 1.807) is 0 Å². The van der Waals surface area contributed by atoms with Crippen LogP contribution in [0.5, 0.6) is 0 Å². The third-order valence-corrected chi connectivity index (χ3v) is 4.59. The molecule has 0 bridgehead atoms. The summed E-state index contributed by atoms with van der Waals surface area (Å²) in [6.07, 6.45) is 2.04. The number of nitrogens with two attached hydrogens (primary N) is 2. The maximum absolute atomic E-state index is 6.16. The molecule has 0 atom stereocenters. The van der Waals surface area contributed by atoms with Crippen LogP contribution in [0.25, 0.3) is 0 Å². The van der Waals surface area contributed by atoms with Crippen LogP contribution in [0.1, 0.15) is 62.8 Å². The molecule has 0 aliphatic carbocycles. The fraction of sp³-hybridized carbons (Fsp3) is 0.455. The van der Waals surface area contributed by atoms with Gasteiger partial charge in [0.25, 0.3) is 0 Å². The molecular formula is C22H32N2. The van der Waals surface area contributed by atoms with Crippen molar-refractivity contribution in [3.63, 3.8) is 0 Å². The maximum atomic E-state index is 6.16. The maximum Gasteiger partial charge on any atom is 0.0346 e. The van der Waals surface area contributed by atoms with E-state index in [4.69, 9.17) is 11.5 Å². The van der Waals surface area contributed by atoms with E-state index in [1.165, 1.54) is 22.3 Å². The van der Waals surface area contributed by atoms with Crippen LogP contribution in [0.2, 0.25) is 0 Å². The number of benzene rings is 2. The standard InChI is InChI=1S/C22H32N2/c1-14(2)10-19-12-17(6-8-21(19)23)16(5)18-7-9-22(24)20(13-18)11-15(3)4/h6-9,12-16H,10-11,23-24H2,1-5H3. The average Bonchev–Trinajstić information content (AvgIpc) is 2.50. The predicted octanol–water partition coefficient (Wildman–Crippen LogP) is 5.40. The fourth-order valence-electron chi connectivity index (χ4n) is 3.22. The van der Waals surface area contributed by atoms with Crippen LogP contribution in [-0.2, 0) is 12.8 Å². The number of hydrogen-bond acceptors (Lipinski definition) is 2. The summed E-state index contributed by atoms with van der Waals surface area (Å²) in [4.78, 5) is 0. The highest BCUT2D eigenvalue weighted by Crippen LogP contribution is 2.30. The molecular weight excluding hydrogens is 292 g/mol. The van der Waals surface area contributed by atoms with E-state index in [0.717, 1.165) is 24.2 Å². The second-order valence-corrected chi connectivity index (χ2v) is 7.83. The fourth-order valence-corrected chi connectivity index (χ4v) is 3.22. The molecule has 0 aliphatic heterocycles. The molecule has 0 aliphatic rings. The number of hydrogen-bond donors (Lipinski definition) is 2. The van der Waals surface area contributed by atoms with Gasteiger partial charge in [0.15, 0.2) is 0 Å². The predicted molar refractivity (Wildman–Crippen MR) is 106 cm³/mol. The quantitative estimate of drug-likeness (QED) is 0.699. The molecule has 24 heavy (non-hydrogen) atoms. The third-order valence-electron chi connectivity index (χ3n) is 4.59. The summed E-state index contributed by atoms with van der Waals surface area (Å²) in [5, 5.41) is 0. The number of nitrogen functional groups attached to an aromatic ring is 2. The molecule has 2 heteroatoms. The van der Waals surface area contributed by atoms with E-state index < -0.39 is 0 Å². The Kier molecular flexibility index (Phi) is 5.93. The van der Waals surface area contributed by atoms with Crippen molar-refractivity contribution in [1.29, 1.82) is 0 Å². The Bertz CT molecular complexity index is 627. The Morgan fingerprint density at radius 2 is 1.04 bits per heavy atom. The molecule has 0 amide bonds. The van der Waals surface area contributed by atoms with Crippen LogP contribution in [0.3, 0.4) is 0 Å². The van der Waals surface area contributed by atoms with Gasteiger partial charge in [-0.25, -0.2) is 0 Å². The number of rotatable bonds is 6. The Labute approximate surface area is 147 Å². The van der Waals surface area contributed by atoms with Gasteiger partial charge < -0.3 is 11.5 Å². The van der Waals surface area contributed by atoms with Gasteiger partial charge in [-0.2, -0.15) is 0 Å². The van der Waals surface area contributed by atoms with Crippen molar-refractivity contribution in [3.8, 4) is 0 Å². The normalized spacial score (nSPS) is 11.7. The molecule has 130 valence electrons. The minimum Gasteiger partial charge on any atom is -0.399 e. The monoisotopic (exact) mass is 324 g/mol. The van der Waals surface area contributed by atoms with E-state index >= 15 is 0 Å². The molecule has 0 radical (unpaired) electrons. The molecule has 0 saturated carbocycles. The molecule has 0 spiro atoms. The zero-order valence-corrected chi connectivity index (χ0v) is 15.8. The lowest BCUT2D eigenvalue weighted by Gasteiger charge is -2.18. The van der Waals surface area contributed by atoms with Gasteiger partial charge in [-0.1, -0.05) is 58.9 Å². The van der Waals surface area contributed by atoms with Crippen LogP contribution in [0.15, 0.2) is 36.4 Å². The molecule has 2 aromatic rings. The first kappa shape index (κ1) is 18.4. The second kappa shape index (κ2) is 7.74. The molecule has 0 fully saturated rings. The lowest BCUT2D eigenvalue weighted by Crippen LogP contribution is -2.05. The minimum atomic E-state index is 0.336. The zero-order chi connectivity index (χ0) is 17.9. The van der Waals surface area contributed by atoms with Gasteiger partial charge in [-0.15, -0.1) is 0 Å². The van der Waals surface area contributed by atoms with Crippen molar-refractivity contribution in [1.82, 2.24) is 0 Å². The zero-order valence-electron chi connectivity index (χ0n) is 15.8. The minimum absolute atomic E-state index is 0.336. The molecule has 2 rings (SSSR count). The van der Waals surface area contributed by atoms with Gasteiger partial charge in [-0.05, 0) is 59.1 Å². The average molecular weight is 325 g/mol. The smallest absolute Gasteiger partial charge is 0.0346 e. The Morgan fingerprint density at radius 3 is 1.38 bits per heavy atom. The van der Waals surface area contributed by atoms with Crippen molar-refractivity contribution >= 4 is 11.4 Å². The van der Waals surface area contributed by atoms with Crippen LogP contribution in [0, 0.1) is 11.8 Å². The van der Waals surface area contributed by atoms with Gasteiger partial charge in [0, 0.05) is 17.3 Å². The summed E-state index contributed by atoms with van der Waals surface area (Å²) >= 11 is 0. The molecule has 4 N–H and O–H groups in total. The van der Waals surface area contributed by atoms with Crippen molar-refractivity contribution in [2.75, 3.05) is 11.5 Å². The molecule has 0 unspecified atom stereocenters. The Balaban J connectivity index is 2.33. The molecule has 2 nitrogen and oxygen atoms in total. The van der Waals surface area contributed by atoms with Gasteiger partial charge in [0.1, 0.15) is 0 Å². The summed E-state index contributed by atoms with van der Waals surface area (Å²) in [7, 11) is 0. The first-order valence-corrected chi connectivity index (χ1v) is 9.04. The van der Waals surface area contributed by atoms with Crippen LogP contribution < -0.4 is 11.5 Å². The second-order valence-electron chi connectivity index (χ2n) is 7.83. The summed E-state index contributed by atoms with van der Waals surface area (Å²) in [5.41, 5.74) is 19.3. The largest absolute Gasteiger partial charge is 0.399 e. The van der Waals surface area contributed by atoms with E-state index in [9.17, 15) is 0 Å². The van der Waals surface area contributed by atoms with Crippen LogP contribution in [-0.4, -0.2) is 0 Å². The van der Waals surface area contributed by atoms with E-state index in [1.807, 2.05) is 0 Å². The summed E-state index contributed by atoms with van der Waals surface area (Å²) in [5.74, 6) is 1.54. The van der Waals surface area contributed by atoms with Gasteiger partial charge in [0.2, 0.25) is 0 Å². The van der Waals surface area contributed by atoms with Gasteiger partial charge >= 0.3 is 0 Å². The molecule has 0 heterocycles. The van der Waals surface area contributed by atoms with Crippen molar-refractivity contribution in [2.24, 2.45) is 11.8 Å². The van der Waals surface area contributed by atoms with E-state index in [0.29, 0.717) is 17.8 Å². The first-order chi connectivity index (χ1) is 11.3. The summed E-state index contributed by atoms with van der Waals surface area (Å²) in [6, 6.07) is 13.0. The first-order valence-electron chi connectivity index (χ1n) is 9.04. The lowest BCUT2D eigenvalue weighted by atomic mass is 9.88. The summed E-state index contributed by atoms with van der Waals surface area (Å²) < 4.78 is 0. The van der Waals surface area contributed by atoms with Crippen LogP contribution >= 0.6 is 0 Å². The molecule has 2 aromatic carbocycles. The summed E-state index contributed by atoms with van der Waals surface area (Å²) in [6.45, 7) is 11.2.